The lowest BCUT2D eigenvalue weighted by Gasteiger charge is -2.18. The predicted molar refractivity (Wildman–Crippen MR) is 52.9 cm³/mol. The zero-order chi connectivity index (χ0) is 10.7. The predicted octanol–water partition coefficient (Wildman–Crippen LogP) is 1.29. The maximum Gasteiger partial charge on any atom is 0.410 e. The van der Waals surface area contributed by atoms with Crippen molar-refractivity contribution in [1.29, 1.82) is 0 Å². The number of benzene rings is 1. The summed E-state index contributed by atoms with van der Waals surface area (Å²) in [5, 5.41) is 0. The smallest absolute Gasteiger partial charge is 0.410 e. The summed E-state index contributed by atoms with van der Waals surface area (Å²) in [5.74, 6) is 0. The second-order valence-corrected chi connectivity index (χ2v) is 3.28. The quantitative estimate of drug-likeness (QED) is 0.745. The molecule has 1 saturated heterocycles. The average molecular weight is 204 g/mol. The number of carbonyl (C=O) groups is 1. The summed E-state index contributed by atoms with van der Waals surface area (Å²) in [6, 6.07) is 9.33. The van der Waals surface area contributed by atoms with Crippen LogP contribution >= 0.6 is 0 Å². The fourth-order valence-corrected chi connectivity index (χ4v) is 1.65. The summed E-state index contributed by atoms with van der Waals surface area (Å²) < 4.78 is 4.89. The first-order valence-corrected chi connectivity index (χ1v) is 4.66. The SMILES string of the molecule is O=[C]CN1C(=O)OC[C@@H]1c1ccccc1. The Balaban J connectivity index is 2.22. The molecule has 1 amide bonds. The molecule has 1 aliphatic rings. The number of hydrogen-bond donors (Lipinski definition) is 0. The van der Waals surface area contributed by atoms with E-state index >= 15 is 0 Å². The van der Waals surface area contributed by atoms with Gasteiger partial charge in [0.25, 0.3) is 0 Å². The number of amides is 1. The molecule has 1 aliphatic heterocycles. The molecular weight excluding hydrogens is 194 g/mol. The first-order chi connectivity index (χ1) is 7.33. The fourth-order valence-electron chi connectivity index (χ4n) is 1.65. The lowest BCUT2D eigenvalue weighted by atomic mass is 10.1. The normalized spacial score (nSPS) is 20.1. The van der Waals surface area contributed by atoms with E-state index in [4.69, 9.17) is 4.74 Å². The molecule has 1 fully saturated rings. The third kappa shape index (κ3) is 1.83. The molecule has 1 aromatic rings. The van der Waals surface area contributed by atoms with Gasteiger partial charge < -0.3 is 4.74 Å². The van der Waals surface area contributed by atoms with Gasteiger partial charge in [-0.25, -0.2) is 4.79 Å². The van der Waals surface area contributed by atoms with Gasteiger partial charge in [-0.2, -0.15) is 0 Å². The van der Waals surface area contributed by atoms with Crippen molar-refractivity contribution < 1.29 is 14.3 Å². The summed E-state index contributed by atoms with van der Waals surface area (Å²) in [6.45, 7) is 0.253. The van der Waals surface area contributed by atoms with Gasteiger partial charge in [-0.1, -0.05) is 30.3 Å². The van der Waals surface area contributed by atoms with Crippen LogP contribution in [0.1, 0.15) is 11.6 Å². The van der Waals surface area contributed by atoms with E-state index in [-0.39, 0.29) is 12.6 Å². The fraction of sp³-hybridized carbons (Fsp3) is 0.273. The van der Waals surface area contributed by atoms with Gasteiger partial charge in [0.1, 0.15) is 6.61 Å². The largest absolute Gasteiger partial charge is 0.447 e. The summed E-state index contributed by atoms with van der Waals surface area (Å²) >= 11 is 0. The van der Waals surface area contributed by atoms with Crippen molar-refractivity contribution in [3.05, 3.63) is 35.9 Å². The van der Waals surface area contributed by atoms with Crippen molar-refractivity contribution in [3.63, 3.8) is 0 Å². The monoisotopic (exact) mass is 204 g/mol. The number of nitrogens with zero attached hydrogens (tertiary/aromatic N) is 1. The van der Waals surface area contributed by atoms with Crippen molar-refractivity contribution >= 4 is 12.4 Å². The zero-order valence-corrected chi connectivity index (χ0v) is 8.05. The van der Waals surface area contributed by atoms with Crippen LogP contribution in [0.25, 0.3) is 0 Å². The van der Waals surface area contributed by atoms with Gasteiger partial charge >= 0.3 is 6.09 Å². The Morgan fingerprint density at radius 1 is 1.40 bits per heavy atom. The number of cyclic esters (lactones) is 1. The van der Waals surface area contributed by atoms with Crippen molar-refractivity contribution in [3.8, 4) is 0 Å². The highest BCUT2D eigenvalue weighted by atomic mass is 16.6. The van der Waals surface area contributed by atoms with Crippen LogP contribution in [0, 0.1) is 0 Å². The van der Waals surface area contributed by atoms with Crippen molar-refractivity contribution in [2.45, 2.75) is 6.04 Å². The number of rotatable bonds is 3. The van der Waals surface area contributed by atoms with E-state index in [1.54, 1.807) is 6.29 Å². The summed E-state index contributed by atoms with van der Waals surface area (Å²) in [7, 11) is 0. The van der Waals surface area contributed by atoms with E-state index in [0.29, 0.717) is 6.61 Å². The second-order valence-electron chi connectivity index (χ2n) is 3.28. The topological polar surface area (TPSA) is 46.6 Å². The van der Waals surface area contributed by atoms with Crippen LogP contribution in [0.3, 0.4) is 0 Å². The molecular formula is C11H10NO3. The Labute approximate surface area is 87.4 Å². The molecule has 77 valence electrons. The maximum absolute atomic E-state index is 11.3. The Kier molecular flexibility index (Phi) is 2.67. The molecule has 0 saturated carbocycles. The molecule has 0 aromatic heterocycles. The lowest BCUT2D eigenvalue weighted by Crippen LogP contribution is -2.29. The van der Waals surface area contributed by atoms with Crippen LogP contribution in [-0.4, -0.2) is 30.4 Å². The highest BCUT2D eigenvalue weighted by Crippen LogP contribution is 2.26. The van der Waals surface area contributed by atoms with Gasteiger partial charge in [0.05, 0.1) is 12.6 Å². The molecule has 2 rings (SSSR count). The maximum atomic E-state index is 11.3. The zero-order valence-electron chi connectivity index (χ0n) is 8.05. The minimum Gasteiger partial charge on any atom is -0.447 e. The van der Waals surface area contributed by atoms with Crippen molar-refractivity contribution in [2.24, 2.45) is 0 Å². The Morgan fingerprint density at radius 3 is 2.80 bits per heavy atom. The molecule has 15 heavy (non-hydrogen) atoms. The minimum atomic E-state index is -0.452. The van der Waals surface area contributed by atoms with E-state index in [1.165, 1.54) is 4.90 Å². The first kappa shape index (κ1) is 9.71. The van der Waals surface area contributed by atoms with Gasteiger partial charge in [0, 0.05) is 0 Å². The molecule has 0 unspecified atom stereocenters. The highest BCUT2D eigenvalue weighted by Gasteiger charge is 2.33. The molecule has 0 aliphatic carbocycles. The number of ether oxygens (including phenoxy) is 1. The van der Waals surface area contributed by atoms with Crippen LogP contribution < -0.4 is 0 Å². The molecule has 1 atom stereocenters. The standard InChI is InChI=1S/C11H10NO3/c13-7-6-12-10(8-15-11(12)14)9-4-2-1-3-5-9/h1-5,10H,6,8H2/t10-/m1/s1. The molecule has 1 aromatic carbocycles. The van der Waals surface area contributed by atoms with Gasteiger partial charge in [-0.15, -0.1) is 0 Å². The van der Waals surface area contributed by atoms with Crippen LogP contribution in [0.2, 0.25) is 0 Å². The molecule has 1 heterocycles. The summed E-state index contributed by atoms with van der Waals surface area (Å²) in [4.78, 5) is 23.0. The summed E-state index contributed by atoms with van der Waals surface area (Å²) in [5.41, 5.74) is 0.971. The number of hydrogen-bond acceptors (Lipinski definition) is 3. The molecule has 0 spiro atoms. The van der Waals surface area contributed by atoms with Crippen molar-refractivity contribution in [1.82, 2.24) is 4.90 Å². The Hall–Kier alpha value is -1.84. The van der Waals surface area contributed by atoms with E-state index < -0.39 is 6.09 Å². The van der Waals surface area contributed by atoms with Gasteiger partial charge in [0.2, 0.25) is 6.29 Å². The molecule has 0 N–H and O–H groups in total. The minimum absolute atomic E-state index is 0.0433. The Morgan fingerprint density at radius 2 is 2.13 bits per heavy atom. The highest BCUT2D eigenvalue weighted by molar-refractivity contribution is 5.74. The van der Waals surface area contributed by atoms with Gasteiger partial charge in [0.15, 0.2) is 0 Å². The average Bonchev–Trinajstić information content (AvgIpc) is 2.63. The van der Waals surface area contributed by atoms with Gasteiger partial charge in [-0.3, -0.25) is 9.69 Å². The number of carbonyl (C=O) groups excluding carboxylic acids is 2. The lowest BCUT2D eigenvalue weighted by molar-refractivity contribution is 0.161. The first-order valence-electron chi connectivity index (χ1n) is 4.66. The third-order valence-electron chi connectivity index (χ3n) is 2.39. The van der Waals surface area contributed by atoms with E-state index in [1.807, 2.05) is 30.3 Å². The van der Waals surface area contributed by atoms with E-state index in [2.05, 4.69) is 0 Å². The third-order valence-corrected chi connectivity index (χ3v) is 2.39. The van der Waals surface area contributed by atoms with Crippen LogP contribution in [-0.2, 0) is 9.53 Å². The molecule has 0 bridgehead atoms. The molecule has 4 nitrogen and oxygen atoms in total. The van der Waals surface area contributed by atoms with Crippen molar-refractivity contribution in [2.75, 3.05) is 13.2 Å². The van der Waals surface area contributed by atoms with Crippen LogP contribution in [0.15, 0.2) is 30.3 Å². The van der Waals surface area contributed by atoms with Crippen LogP contribution in [0.4, 0.5) is 4.79 Å². The van der Waals surface area contributed by atoms with E-state index in [9.17, 15) is 9.59 Å². The second kappa shape index (κ2) is 4.13. The van der Waals surface area contributed by atoms with E-state index in [0.717, 1.165) is 5.56 Å². The van der Waals surface area contributed by atoms with Gasteiger partial charge in [-0.05, 0) is 5.56 Å². The molecule has 4 heteroatoms. The molecule has 1 radical (unpaired) electrons. The Bertz CT molecular complexity index is 363. The van der Waals surface area contributed by atoms with Crippen LogP contribution in [0.5, 0.6) is 0 Å². The summed E-state index contributed by atoms with van der Waals surface area (Å²) in [6.07, 6.45) is 1.26.